The van der Waals surface area contributed by atoms with Gasteiger partial charge in [-0.3, -0.25) is 4.79 Å². The molecule has 2 aromatic carbocycles. The first-order chi connectivity index (χ1) is 24.3. The number of benzene rings is 2. The van der Waals surface area contributed by atoms with Gasteiger partial charge in [-0.25, -0.2) is 14.8 Å². The second kappa shape index (κ2) is 14.6. The van der Waals surface area contributed by atoms with Crippen LogP contribution in [0.15, 0.2) is 60.7 Å². The van der Waals surface area contributed by atoms with Crippen LogP contribution in [0.1, 0.15) is 47.8 Å². The quantitative estimate of drug-likeness (QED) is 0.180. The summed E-state index contributed by atoms with van der Waals surface area (Å²) in [6, 6.07) is 18.7. The molecule has 1 atom stereocenters. The molecule has 0 aliphatic carbocycles. The molecule has 4 heterocycles. The van der Waals surface area contributed by atoms with Gasteiger partial charge in [-0.05, 0) is 80.8 Å². The van der Waals surface area contributed by atoms with Gasteiger partial charge in [-0.15, -0.1) is 0 Å². The lowest BCUT2D eigenvalue weighted by Crippen LogP contribution is -2.58. The summed E-state index contributed by atoms with van der Waals surface area (Å²) in [6.07, 6.45) is -0.487. The molecule has 0 unspecified atom stereocenters. The van der Waals surface area contributed by atoms with Gasteiger partial charge in [0.15, 0.2) is 5.75 Å². The van der Waals surface area contributed by atoms with Crippen LogP contribution < -0.4 is 19.1 Å². The van der Waals surface area contributed by atoms with E-state index >= 15 is 4.39 Å². The van der Waals surface area contributed by atoms with Gasteiger partial charge in [-0.1, -0.05) is 35.9 Å². The molecule has 0 N–H and O–H groups in total. The van der Waals surface area contributed by atoms with Crippen LogP contribution in [0.3, 0.4) is 0 Å². The third-order valence-corrected chi connectivity index (χ3v) is 9.02. The number of carbonyl (C=O) groups is 2. The number of rotatable bonds is 8. The maximum atomic E-state index is 16.0. The minimum absolute atomic E-state index is 0.00928. The van der Waals surface area contributed by atoms with Crippen LogP contribution in [0, 0.1) is 12.9 Å². The number of hydrogen-bond acceptors (Lipinski definition) is 9. The Hall–Kier alpha value is -5.10. The highest BCUT2D eigenvalue weighted by atomic mass is 35.5. The Balaban J connectivity index is 1.33. The molecule has 1 fully saturated rings. The fraction of sp³-hybridized carbons (Fsp3) is 0.368. The van der Waals surface area contributed by atoms with E-state index in [0.717, 1.165) is 28.2 Å². The first-order valence-electron chi connectivity index (χ1n) is 16.6. The molecule has 2 aromatic heterocycles. The lowest BCUT2D eigenvalue weighted by Gasteiger charge is -2.40. The number of halogens is 2. The minimum Gasteiger partial charge on any atom is -0.497 e. The van der Waals surface area contributed by atoms with Gasteiger partial charge in [0.05, 0.1) is 26.0 Å². The van der Waals surface area contributed by atoms with E-state index in [9.17, 15) is 9.59 Å². The van der Waals surface area contributed by atoms with Crippen molar-refractivity contribution in [1.29, 1.82) is 0 Å². The number of fused-ring (bicyclic) bond motifs is 2. The molecule has 11 nitrogen and oxygen atoms in total. The summed E-state index contributed by atoms with van der Waals surface area (Å²) < 4.78 is 38.3. The first-order valence-corrected chi connectivity index (χ1v) is 17.0. The van der Waals surface area contributed by atoms with Crippen LogP contribution >= 0.6 is 11.6 Å². The van der Waals surface area contributed by atoms with Crippen LogP contribution in [-0.4, -0.2) is 83.9 Å². The molecule has 2 aliphatic rings. The van der Waals surface area contributed by atoms with Crippen molar-refractivity contribution in [1.82, 2.24) is 19.8 Å². The number of pyridine rings is 2. The highest BCUT2D eigenvalue weighted by Gasteiger charge is 2.41. The molecule has 0 radical (unpaired) electrons. The fourth-order valence-electron chi connectivity index (χ4n) is 6.14. The summed E-state index contributed by atoms with van der Waals surface area (Å²) in [7, 11) is 3.25. The van der Waals surface area contributed by atoms with Gasteiger partial charge in [0.2, 0.25) is 5.95 Å². The molecular weight excluding hydrogens is 677 g/mol. The average molecular weight is 718 g/mol. The van der Waals surface area contributed by atoms with E-state index < -0.39 is 29.6 Å². The Labute approximate surface area is 301 Å². The van der Waals surface area contributed by atoms with Gasteiger partial charge >= 0.3 is 6.09 Å². The van der Waals surface area contributed by atoms with Crippen molar-refractivity contribution in [3.05, 3.63) is 93.9 Å². The Bertz CT molecular complexity index is 1870. The Morgan fingerprint density at radius 2 is 1.59 bits per heavy atom. The normalized spacial score (nSPS) is 15.7. The Kier molecular flexibility index (Phi) is 10.2. The zero-order valence-corrected chi connectivity index (χ0v) is 30.3. The highest BCUT2D eigenvalue weighted by Crippen LogP contribution is 2.40. The molecule has 13 heteroatoms. The van der Waals surface area contributed by atoms with E-state index in [-0.39, 0.29) is 48.3 Å². The summed E-state index contributed by atoms with van der Waals surface area (Å²) in [4.78, 5) is 40.8. The van der Waals surface area contributed by atoms with Crippen molar-refractivity contribution < 1.29 is 32.9 Å². The molecule has 2 aliphatic heterocycles. The van der Waals surface area contributed by atoms with E-state index in [1.165, 1.54) is 9.80 Å². The third kappa shape index (κ3) is 7.96. The van der Waals surface area contributed by atoms with E-state index in [0.29, 0.717) is 24.6 Å². The summed E-state index contributed by atoms with van der Waals surface area (Å²) in [5.74, 6) is 0.404. The van der Waals surface area contributed by atoms with Gasteiger partial charge < -0.3 is 33.6 Å². The van der Waals surface area contributed by atoms with Gasteiger partial charge in [0.1, 0.15) is 45.8 Å². The summed E-state index contributed by atoms with van der Waals surface area (Å²) >= 11 is 6.93. The molecule has 2 amide bonds. The monoisotopic (exact) mass is 717 g/mol. The first kappa shape index (κ1) is 35.7. The van der Waals surface area contributed by atoms with E-state index in [1.54, 1.807) is 41.1 Å². The SMILES string of the molecule is COc1ccc(CN(Cc2ccc(OC)cc2)c2cc(C)cc(-c3nc(F)c4c(c3Cl)OC[C@H]3CN(C(=O)OC(C)(C)C)CCN3C4=O)n2)cc1. The predicted octanol–water partition coefficient (Wildman–Crippen LogP) is 6.92. The van der Waals surface area contributed by atoms with Crippen molar-refractivity contribution in [3.8, 4) is 28.6 Å². The van der Waals surface area contributed by atoms with E-state index in [4.69, 9.17) is 35.5 Å². The Morgan fingerprint density at radius 1 is 0.980 bits per heavy atom. The number of nitrogens with zero attached hydrogens (tertiary/aromatic N) is 5. The summed E-state index contributed by atoms with van der Waals surface area (Å²) in [6.45, 7) is 8.83. The smallest absolute Gasteiger partial charge is 0.410 e. The van der Waals surface area contributed by atoms with Crippen LogP contribution in [-0.2, 0) is 17.8 Å². The number of anilines is 1. The fourth-order valence-corrected chi connectivity index (χ4v) is 6.43. The predicted molar refractivity (Wildman–Crippen MR) is 191 cm³/mol. The number of aromatic nitrogens is 2. The van der Waals surface area contributed by atoms with Crippen molar-refractivity contribution in [2.24, 2.45) is 0 Å². The molecule has 0 saturated carbocycles. The number of methoxy groups -OCH3 is 2. The third-order valence-electron chi connectivity index (χ3n) is 8.67. The highest BCUT2D eigenvalue weighted by molar-refractivity contribution is 6.35. The van der Waals surface area contributed by atoms with Crippen LogP contribution in [0.25, 0.3) is 11.4 Å². The van der Waals surface area contributed by atoms with Gasteiger partial charge in [-0.2, -0.15) is 4.39 Å². The van der Waals surface area contributed by atoms with Crippen LogP contribution in [0.2, 0.25) is 5.02 Å². The zero-order chi connectivity index (χ0) is 36.4. The van der Waals surface area contributed by atoms with Crippen LogP contribution in [0.4, 0.5) is 15.0 Å². The lowest BCUT2D eigenvalue weighted by atomic mass is 10.1. The zero-order valence-electron chi connectivity index (χ0n) is 29.5. The molecule has 1 saturated heterocycles. The maximum Gasteiger partial charge on any atom is 0.410 e. The number of hydrogen-bond donors (Lipinski definition) is 0. The topological polar surface area (TPSA) is 107 Å². The summed E-state index contributed by atoms with van der Waals surface area (Å²) in [5, 5.41) is -0.0236. The lowest BCUT2D eigenvalue weighted by molar-refractivity contribution is 0.000891. The Morgan fingerprint density at radius 3 is 2.16 bits per heavy atom. The molecular formula is C38H41ClFN5O6. The van der Waals surface area contributed by atoms with Crippen LogP contribution in [0.5, 0.6) is 17.2 Å². The minimum atomic E-state index is -1.01. The number of ether oxygens (including phenoxy) is 4. The van der Waals surface area contributed by atoms with Gasteiger partial charge in [0.25, 0.3) is 5.91 Å². The number of carbonyl (C=O) groups excluding carboxylic acids is 2. The molecule has 4 aromatic rings. The van der Waals surface area contributed by atoms with E-state index in [1.807, 2.05) is 61.5 Å². The summed E-state index contributed by atoms with van der Waals surface area (Å²) in [5.41, 5.74) is 2.24. The molecule has 51 heavy (non-hydrogen) atoms. The van der Waals surface area contributed by atoms with E-state index in [2.05, 4.69) is 9.88 Å². The second-order valence-electron chi connectivity index (χ2n) is 13.6. The van der Waals surface area contributed by atoms with Crippen molar-refractivity contribution in [2.75, 3.05) is 45.4 Å². The van der Waals surface area contributed by atoms with Crippen molar-refractivity contribution in [3.63, 3.8) is 0 Å². The van der Waals surface area contributed by atoms with Gasteiger partial charge in [0, 0.05) is 32.7 Å². The molecule has 6 rings (SSSR count). The largest absolute Gasteiger partial charge is 0.497 e. The molecule has 268 valence electrons. The average Bonchev–Trinajstić information content (AvgIpc) is 3.25. The van der Waals surface area contributed by atoms with Crippen molar-refractivity contribution in [2.45, 2.75) is 52.4 Å². The number of piperazine rings is 1. The molecule has 0 spiro atoms. The second-order valence-corrected chi connectivity index (χ2v) is 14.0. The number of amides is 2. The molecule has 0 bridgehead atoms. The maximum absolute atomic E-state index is 16.0. The van der Waals surface area contributed by atoms with Crippen molar-refractivity contribution >= 4 is 29.4 Å². The number of aryl methyl sites for hydroxylation is 1. The standard InChI is InChI=1S/C38H41ClFN5O6/c1-23-17-29(41-30(18-23)44(19-24-7-11-27(48-5)12-8-24)20-25-9-13-28(49-6)14-10-25)33-32(39)34-31(35(40)42-33)36(46)45-16-15-43(21-26(45)22-50-34)37(47)51-38(2,3)4/h7-14,17-18,26H,15-16,19-22H2,1-6H3/t26-/m1/s1.